The van der Waals surface area contributed by atoms with Crippen molar-refractivity contribution in [3.63, 3.8) is 0 Å². The van der Waals surface area contributed by atoms with Crippen LogP contribution in [0.25, 0.3) is 0 Å². The Kier molecular flexibility index (Phi) is 6.92. The van der Waals surface area contributed by atoms with Gasteiger partial charge in [0.05, 0.1) is 17.1 Å². The summed E-state index contributed by atoms with van der Waals surface area (Å²) in [6.07, 6.45) is 9.68. The summed E-state index contributed by atoms with van der Waals surface area (Å²) in [6.45, 7) is 4.52. The third-order valence-electron chi connectivity index (χ3n) is 4.91. The Bertz CT molecular complexity index is 797. The average molecular weight is 388 g/mol. The van der Waals surface area contributed by atoms with Crippen molar-refractivity contribution < 1.29 is 8.42 Å². The maximum Gasteiger partial charge on any atom is 0.225 e. The minimum atomic E-state index is -2.72. The van der Waals surface area contributed by atoms with Crippen LogP contribution in [0.15, 0.2) is 42.7 Å². The summed E-state index contributed by atoms with van der Waals surface area (Å²) in [4.78, 5) is 4.04. The Morgan fingerprint density at radius 2 is 1.81 bits per heavy atom. The van der Waals surface area contributed by atoms with Crippen molar-refractivity contribution in [3.05, 3.63) is 55.2 Å². The number of anilines is 3. The Morgan fingerprint density at radius 1 is 1.07 bits per heavy atom. The molecule has 0 spiro atoms. The number of benzene rings is 1. The normalized spacial score (nSPS) is 14.9. The molecule has 27 heavy (non-hydrogen) atoms. The van der Waals surface area contributed by atoms with Gasteiger partial charge in [-0.2, -0.15) is 0 Å². The smallest absolute Gasteiger partial charge is 0.225 e. The molecule has 3 rings (SSSR count). The zero-order chi connectivity index (χ0) is 19.1. The highest BCUT2D eigenvalue weighted by Crippen LogP contribution is 2.31. The number of nitrogens with zero attached hydrogens (tertiary/aromatic N) is 2. The van der Waals surface area contributed by atoms with E-state index < -0.39 is 10.9 Å². The van der Waals surface area contributed by atoms with Crippen LogP contribution < -0.4 is 14.9 Å². The lowest BCUT2D eigenvalue weighted by molar-refractivity contribution is 0.463. The lowest BCUT2D eigenvalue weighted by Gasteiger charge is -2.26. The fraction of sp³-hybridized carbons (Fsp3) is 0.400. The lowest BCUT2D eigenvalue weighted by Crippen LogP contribution is -2.24. The number of aromatic nitrogens is 1. The molecule has 0 saturated heterocycles. The highest BCUT2D eigenvalue weighted by molar-refractivity contribution is 7.74. The third kappa shape index (κ3) is 5.35. The molecule has 145 valence electrons. The van der Waals surface area contributed by atoms with Gasteiger partial charge in [0.1, 0.15) is 0 Å². The van der Waals surface area contributed by atoms with Gasteiger partial charge >= 0.3 is 0 Å². The zero-order valence-corrected chi connectivity index (χ0v) is 16.3. The van der Waals surface area contributed by atoms with Gasteiger partial charge in [0.2, 0.25) is 10.9 Å². The van der Waals surface area contributed by atoms with E-state index >= 15 is 0 Å². The third-order valence-corrected chi connectivity index (χ3v) is 5.73. The van der Waals surface area contributed by atoms with Crippen LogP contribution in [-0.4, -0.2) is 26.0 Å². The van der Waals surface area contributed by atoms with Gasteiger partial charge < -0.3 is 10.6 Å². The fourth-order valence-electron chi connectivity index (χ4n) is 3.43. The predicted octanol–water partition coefficient (Wildman–Crippen LogP) is 3.61. The molecule has 0 atom stereocenters. The molecule has 1 aromatic carbocycles. The first-order valence-electron chi connectivity index (χ1n) is 9.42. The van der Waals surface area contributed by atoms with Crippen LogP contribution in [0.2, 0.25) is 0 Å². The van der Waals surface area contributed by atoms with Gasteiger partial charge in [0.25, 0.3) is 0 Å². The topological polar surface area (TPSA) is 74.3 Å². The molecular formula is C20H27N4O2S. The van der Waals surface area contributed by atoms with Gasteiger partial charge in [0, 0.05) is 31.5 Å². The van der Waals surface area contributed by atoms with Crippen LogP contribution in [0.3, 0.4) is 0 Å². The molecule has 0 bridgehead atoms. The van der Waals surface area contributed by atoms with E-state index in [0.717, 1.165) is 16.9 Å². The summed E-state index contributed by atoms with van der Waals surface area (Å²) >= 11 is 0. The summed E-state index contributed by atoms with van der Waals surface area (Å²) < 4.78 is 24.3. The van der Waals surface area contributed by atoms with Crippen molar-refractivity contribution >= 4 is 28.0 Å². The first-order valence-corrected chi connectivity index (χ1v) is 10.5. The van der Waals surface area contributed by atoms with Gasteiger partial charge in [-0.25, -0.2) is 8.42 Å². The number of hydrogen-bond acceptors (Lipinski definition) is 5. The molecule has 1 radical (unpaired) electrons. The molecular weight excluding hydrogens is 360 g/mol. The molecule has 1 aromatic heterocycles. The van der Waals surface area contributed by atoms with E-state index in [0.29, 0.717) is 18.3 Å². The van der Waals surface area contributed by atoms with Gasteiger partial charge in [-0.05, 0) is 55.7 Å². The van der Waals surface area contributed by atoms with Crippen molar-refractivity contribution in [1.82, 2.24) is 4.98 Å². The van der Waals surface area contributed by atoms with Crippen LogP contribution in [0, 0.1) is 6.92 Å². The monoisotopic (exact) mass is 387 g/mol. The molecule has 1 heterocycles. The Morgan fingerprint density at radius 3 is 2.48 bits per heavy atom. The van der Waals surface area contributed by atoms with E-state index in [1.807, 2.05) is 30.3 Å². The second-order valence-corrected chi connectivity index (χ2v) is 7.74. The summed E-state index contributed by atoms with van der Waals surface area (Å²) in [6, 6.07) is 10.1. The van der Waals surface area contributed by atoms with E-state index in [1.165, 1.54) is 36.4 Å². The maximum absolute atomic E-state index is 11.5. The fourth-order valence-corrected chi connectivity index (χ4v) is 3.91. The van der Waals surface area contributed by atoms with Crippen molar-refractivity contribution in [2.75, 3.05) is 21.5 Å². The van der Waals surface area contributed by atoms with Gasteiger partial charge in [-0.1, -0.05) is 19.3 Å². The van der Waals surface area contributed by atoms with Crippen molar-refractivity contribution in [2.24, 2.45) is 0 Å². The molecule has 2 aromatic rings. The highest BCUT2D eigenvalue weighted by Gasteiger charge is 2.16. The Balaban J connectivity index is 1.83. The Hall–Kier alpha value is -2.28. The molecule has 1 fully saturated rings. The molecule has 6 nitrogen and oxygen atoms in total. The molecule has 1 saturated carbocycles. The summed E-state index contributed by atoms with van der Waals surface area (Å²) in [5.41, 5.74) is 3.63. The van der Waals surface area contributed by atoms with E-state index in [4.69, 9.17) is 0 Å². The summed E-state index contributed by atoms with van der Waals surface area (Å²) in [7, 11) is -2.72. The minimum Gasteiger partial charge on any atom is -0.381 e. The second kappa shape index (κ2) is 9.60. The summed E-state index contributed by atoms with van der Waals surface area (Å²) in [5, 5.41) is 7.08. The molecule has 7 heteroatoms. The summed E-state index contributed by atoms with van der Waals surface area (Å²) in [5.74, 6) is 0. The first kappa shape index (κ1) is 19.5. The van der Waals surface area contributed by atoms with E-state index in [-0.39, 0.29) is 6.54 Å². The standard InChI is InChI=1S/C20H27N4O2S/c1-2-24(27(25)26)18-8-9-19(23-17-6-4-3-5-7-17)20(14-18)22-15-16-10-12-21-13-11-16/h8-14,17,22-23,27H,1-7,15H2. The minimum absolute atomic E-state index is 0.165. The SMILES string of the molecule is [CH2]CN(c1ccc(NC2CCCCC2)c(NCc2ccncc2)c1)[SH](=O)=O. The molecule has 1 aliphatic carbocycles. The van der Waals surface area contributed by atoms with Crippen LogP contribution in [0.1, 0.15) is 37.7 Å². The van der Waals surface area contributed by atoms with Gasteiger partial charge in [-0.3, -0.25) is 9.29 Å². The number of pyridine rings is 1. The quantitative estimate of drug-likeness (QED) is 0.604. The van der Waals surface area contributed by atoms with Crippen LogP contribution in [0.5, 0.6) is 0 Å². The number of thiol groups is 1. The maximum atomic E-state index is 11.5. The van der Waals surface area contributed by atoms with Gasteiger partial charge in [-0.15, -0.1) is 0 Å². The molecule has 1 aliphatic rings. The predicted molar refractivity (Wildman–Crippen MR) is 112 cm³/mol. The second-order valence-electron chi connectivity index (χ2n) is 6.78. The average Bonchev–Trinajstić information content (AvgIpc) is 2.69. The molecule has 0 amide bonds. The van der Waals surface area contributed by atoms with Crippen molar-refractivity contribution in [3.8, 4) is 0 Å². The van der Waals surface area contributed by atoms with Crippen molar-refractivity contribution in [1.29, 1.82) is 0 Å². The van der Waals surface area contributed by atoms with E-state index in [1.54, 1.807) is 12.4 Å². The lowest BCUT2D eigenvalue weighted by atomic mass is 9.95. The molecule has 0 aliphatic heterocycles. The van der Waals surface area contributed by atoms with E-state index in [9.17, 15) is 8.42 Å². The van der Waals surface area contributed by atoms with Crippen molar-refractivity contribution in [2.45, 2.75) is 44.7 Å². The van der Waals surface area contributed by atoms with Crippen LogP contribution >= 0.6 is 0 Å². The van der Waals surface area contributed by atoms with Crippen LogP contribution in [-0.2, 0) is 17.4 Å². The molecule has 2 N–H and O–H groups in total. The first-order chi connectivity index (χ1) is 13.2. The van der Waals surface area contributed by atoms with E-state index in [2.05, 4.69) is 22.5 Å². The molecule has 0 unspecified atom stereocenters. The highest BCUT2D eigenvalue weighted by atomic mass is 32.2. The number of hydrogen-bond donors (Lipinski definition) is 3. The van der Waals surface area contributed by atoms with Gasteiger partial charge in [0.15, 0.2) is 0 Å². The zero-order valence-electron chi connectivity index (χ0n) is 15.4. The van der Waals surface area contributed by atoms with Crippen LogP contribution in [0.4, 0.5) is 17.1 Å². The Labute approximate surface area is 163 Å². The largest absolute Gasteiger partial charge is 0.381 e. The number of nitrogens with one attached hydrogen (secondary N) is 2. The number of rotatable bonds is 8.